The number of ether oxygens (including phenoxy) is 1. The molecule has 1 aliphatic heterocycles. The van der Waals surface area contributed by atoms with Gasteiger partial charge in [-0.2, -0.15) is 0 Å². The van der Waals surface area contributed by atoms with Gasteiger partial charge in [0.25, 0.3) is 5.91 Å². The van der Waals surface area contributed by atoms with Crippen LogP contribution < -0.4 is 5.32 Å². The van der Waals surface area contributed by atoms with Crippen molar-refractivity contribution >= 4 is 22.4 Å². The van der Waals surface area contributed by atoms with Crippen molar-refractivity contribution in [3.8, 4) is 11.4 Å². The summed E-state index contributed by atoms with van der Waals surface area (Å²) in [6.07, 6.45) is 7.14. The second kappa shape index (κ2) is 8.91. The van der Waals surface area contributed by atoms with E-state index in [4.69, 9.17) is 4.74 Å². The molecule has 0 aliphatic carbocycles. The van der Waals surface area contributed by atoms with Gasteiger partial charge in [0.05, 0.1) is 18.8 Å². The number of nitrogens with zero attached hydrogens (tertiary/aromatic N) is 6. The van der Waals surface area contributed by atoms with Crippen LogP contribution in [0.2, 0.25) is 0 Å². The fourth-order valence-electron chi connectivity index (χ4n) is 2.75. The third kappa shape index (κ3) is 4.71. The lowest BCUT2D eigenvalue weighted by Crippen LogP contribution is -2.37. The maximum absolute atomic E-state index is 12.4. The summed E-state index contributed by atoms with van der Waals surface area (Å²) in [7, 11) is 0. The molecule has 0 unspecified atom stereocenters. The number of morpholine rings is 1. The molecule has 0 bridgehead atoms. The quantitative estimate of drug-likeness (QED) is 0.667. The maximum atomic E-state index is 12.4. The molecular weight excluding hydrogens is 378 g/mol. The van der Waals surface area contributed by atoms with Gasteiger partial charge >= 0.3 is 0 Å². The summed E-state index contributed by atoms with van der Waals surface area (Å²) >= 11 is 1.38. The predicted octanol–water partition coefficient (Wildman–Crippen LogP) is 1.52. The first-order valence-electron chi connectivity index (χ1n) is 8.94. The summed E-state index contributed by atoms with van der Waals surface area (Å²) in [5.74, 6) is 0.234. The van der Waals surface area contributed by atoms with Gasteiger partial charge in [-0.1, -0.05) is 11.3 Å². The molecule has 1 fully saturated rings. The van der Waals surface area contributed by atoms with Crippen LogP contribution in [-0.2, 0) is 11.2 Å². The molecule has 3 aromatic heterocycles. The van der Waals surface area contributed by atoms with Gasteiger partial charge in [-0.3, -0.25) is 20.0 Å². The van der Waals surface area contributed by atoms with E-state index in [1.807, 2.05) is 12.1 Å². The van der Waals surface area contributed by atoms with Crippen molar-refractivity contribution in [1.29, 1.82) is 0 Å². The molecule has 1 N–H and O–H groups in total. The lowest BCUT2D eigenvalue weighted by molar-refractivity contribution is 0.0384. The smallest absolute Gasteiger partial charge is 0.260 e. The van der Waals surface area contributed by atoms with E-state index >= 15 is 0 Å². The zero-order valence-corrected chi connectivity index (χ0v) is 15.9. The minimum atomic E-state index is -0.308. The van der Waals surface area contributed by atoms with Crippen LogP contribution in [0.1, 0.15) is 15.4 Å². The Balaban J connectivity index is 1.33. The zero-order valence-electron chi connectivity index (χ0n) is 15.1. The summed E-state index contributed by atoms with van der Waals surface area (Å²) in [6.45, 7) is 4.35. The third-order valence-corrected chi connectivity index (χ3v) is 5.18. The number of carbonyl (C=O) groups is 1. The Morgan fingerprint density at radius 2 is 1.89 bits per heavy atom. The molecule has 0 atom stereocenters. The molecule has 9 nitrogen and oxygen atoms in total. The molecule has 4 heterocycles. The highest BCUT2D eigenvalue weighted by atomic mass is 32.1. The van der Waals surface area contributed by atoms with Crippen molar-refractivity contribution in [1.82, 2.24) is 30.0 Å². The molecule has 3 aromatic rings. The molecule has 0 radical (unpaired) electrons. The Bertz CT molecular complexity index is 911. The normalized spacial score (nSPS) is 14.7. The second-order valence-corrected chi connectivity index (χ2v) is 7.25. The van der Waals surface area contributed by atoms with Crippen molar-refractivity contribution in [3.05, 3.63) is 47.5 Å². The van der Waals surface area contributed by atoms with E-state index in [2.05, 4.69) is 35.4 Å². The predicted molar refractivity (Wildman–Crippen MR) is 104 cm³/mol. The van der Waals surface area contributed by atoms with Gasteiger partial charge in [0, 0.05) is 56.4 Å². The lowest BCUT2D eigenvalue weighted by atomic mass is 10.2. The first-order chi connectivity index (χ1) is 13.8. The number of aromatic nitrogens is 5. The van der Waals surface area contributed by atoms with Crippen LogP contribution in [0.4, 0.5) is 5.13 Å². The number of rotatable bonds is 6. The van der Waals surface area contributed by atoms with Gasteiger partial charge in [-0.15, -0.1) is 10.2 Å². The number of anilines is 1. The van der Waals surface area contributed by atoms with Gasteiger partial charge in [0.2, 0.25) is 5.13 Å². The SMILES string of the molecule is O=C(Nc1nnc(CCN2CCOCC2)s1)c1cnc(-c2ccncc2)nc1. The van der Waals surface area contributed by atoms with Crippen LogP contribution in [0, 0.1) is 0 Å². The fourth-order valence-corrected chi connectivity index (χ4v) is 3.47. The summed E-state index contributed by atoms with van der Waals surface area (Å²) in [6, 6.07) is 3.63. The van der Waals surface area contributed by atoms with Crippen LogP contribution in [0.15, 0.2) is 36.9 Å². The zero-order chi connectivity index (χ0) is 19.2. The van der Waals surface area contributed by atoms with Crippen LogP contribution in [0.3, 0.4) is 0 Å². The average Bonchev–Trinajstić information content (AvgIpc) is 3.21. The van der Waals surface area contributed by atoms with Crippen molar-refractivity contribution in [2.24, 2.45) is 0 Å². The number of nitrogens with one attached hydrogen (secondary N) is 1. The van der Waals surface area contributed by atoms with E-state index in [-0.39, 0.29) is 5.91 Å². The van der Waals surface area contributed by atoms with Crippen LogP contribution >= 0.6 is 11.3 Å². The molecule has 1 amide bonds. The van der Waals surface area contributed by atoms with E-state index in [0.29, 0.717) is 16.5 Å². The highest BCUT2D eigenvalue weighted by Gasteiger charge is 2.14. The monoisotopic (exact) mass is 397 g/mol. The number of hydrogen-bond donors (Lipinski definition) is 1. The van der Waals surface area contributed by atoms with Crippen LogP contribution in [0.5, 0.6) is 0 Å². The number of carbonyl (C=O) groups excluding carboxylic acids is 1. The molecule has 28 heavy (non-hydrogen) atoms. The fraction of sp³-hybridized carbons (Fsp3) is 0.333. The van der Waals surface area contributed by atoms with Crippen molar-refractivity contribution in [2.75, 3.05) is 38.2 Å². The van der Waals surface area contributed by atoms with Gasteiger partial charge in [0.15, 0.2) is 5.82 Å². The number of amides is 1. The van der Waals surface area contributed by atoms with E-state index in [0.717, 1.165) is 49.8 Å². The Hall–Kier alpha value is -2.82. The molecule has 144 valence electrons. The first-order valence-corrected chi connectivity index (χ1v) is 9.76. The molecular formula is C18H19N7O2S. The van der Waals surface area contributed by atoms with Crippen molar-refractivity contribution < 1.29 is 9.53 Å². The van der Waals surface area contributed by atoms with Crippen LogP contribution in [-0.4, -0.2) is 68.8 Å². The van der Waals surface area contributed by atoms with E-state index in [1.165, 1.54) is 23.7 Å². The Labute approximate surface area is 165 Å². The Morgan fingerprint density at radius 1 is 1.14 bits per heavy atom. The average molecular weight is 397 g/mol. The molecule has 0 aromatic carbocycles. The molecule has 4 rings (SSSR count). The summed E-state index contributed by atoms with van der Waals surface area (Å²) in [5.41, 5.74) is 1.21. The largest absolute Gasteiger partial charge is 0.379 e. The third-order valence-electron chi connectivity index (χ3n) is 4.29. The van der Waals surface area contributed by atoms with Gasteiger partial charge < -0.3 is 4.74 Å². The topological polar surface area (TPSA) is 106 Å². The van der Waals surface area contributed by atoms with E-state index in [9.17, 15) is 4.79 Å². The highest BCUT2D eigenvalue weighted by Crippen LogP contribution is 2.18. The van der Waals surface area contributed by atoms with E-state index in [1.54, 1.807) is 12.4 Å². The minimum Gasteiger partial charge on any atom is -0.379 e. The maximum Gasteiger partial charge on any atom is 0.260 e. The first kappa shape index (κ1) is 18.5. The summed E-state index contributed by atoms with van der Waals surface area (Å²) in [5, 5.41) is 12.3. The number of pyridine rings is 1. The second-order valence-electron chi connectivity index (χ2n) is 6.19. The van der Waals surface area contributed by atoms with Gasteiger partial charge in [-0.05, 0) is 12.1 Å². The Morgan fingerprint density at radius 3 is 2.64 bits per heavy atom. The summed E-state index contributed by atoms with van der Waals surface area (Å²) in [4.78, 5) is 27.2. The van der Waals surface area contributed by atoms with E-state index < -0.39 is 0 Å². The molecule has 10 heteroatoms. The molecule has 1 aliphatic rings. The van der Waals surface area contributed by atoms with Crippen molar-refractivity contribution in [2.45, 2.75) is 6.42 Å². The Kier molecular flexibility index (Phi) is 5.90. The lowest BCUT2D eigenvalue weighted by Gasteiger charge is -2.25. The van der Waals surface area contributed by atoms with Crippen LogP contribution in [0.25, 0.3) is 11.4 Å². The molecule has 1 saturated heterocycles. The minimum absolute atomic E-state index is 0.308. The summed E-state index contributed by atoms with van der Waals surface area (Å²) < 4.78 is 5.35. The van der Waals surface area contributed by atoms with Gasteiger partial charge in [0.1, 0.15) is 5.01 Å². The molecule has 0 spiro atoms. The highest BCUT2D eigenvalue weighted by molar-refractivity contribution is 7.15. The van der Waals surface area contributed by atoms with Gasteiger partial charge in [-0.25, -0.2) is 9.97 Å². The number of hydrogen-bond acceptors (Lipinski definition) is 9. The molecule has 0 saturated carbocycles. The van der Waals surface area contributed by atoms with Crippen molar-refractivity contribution in [3.63, 3.8) is 0 Å². The standard InChI is InChI=1S/C18H19N7O2S/c26-17(14-11-20-16(21-12-14)13-1-4-19-5-2-13)22-18-24-23-15(28-18)3-6-25-7-9-27-10-8-25/h1-2,4-5,11-12H,3,6-10H2,(H,22,24,26).